The van der Waals surface area contributed by atoms with Crippen LogP contribution in [0, 0.1) is 6.92 Å². The van der Waals surface area contributed by atoms with E-state index in [2.05, 4.69) is 23.2 Å². The van der Waals surface area contributed by atoms with Crippen molar-refractivity contribution in [1.82, 2.24) is 9.29 Å². The van der Waals surface area contributed by atoms with Crippen molar-refractivity contribution in [2.75, 3.05) is 13.2 Å². The van der Waals surface area contributed by atoms with Gasteiger partial charge in [-0.2, -0.15) is 0 Å². The number of para-hydroxylation sites is 1. The number of H-pyrrole nitrogens is 1. The number of benzene rings is 3. The fourth-order valence-corrected chi connectivity index (χ4v) is 6.11. The smallest absolute Gasteiger partial charge is 0.264 e. The number of hydrogen-bond donors (Lipinski definition) is 1. The number of fused-ring (bicyclic) bond motifs is 3. The Morgan fingerprint density at radius 1 is 0.971 bits per heavy atom. The molecule has 5 nitrogen and oxygen atoms in total. The fourth-order valence-electron chi connectivity index (χ4n) is 4.62. The molecule has 4 aromatic rings. The molecule has 0 saturated carbocycles. The van der Waals surface area contributed by atoms with Crippen LogP contribution in [0.4, 0.5) is 0 Å². The molecule has 5 rings (SSSR count). The maximum atomic E-state index is 13.7. The molecule has 0 atom stereocenters. The Morgan fingerprint density at radius 3 is 2.51 bits per heavy atom. The average molecular weight is 487 g/mol. The summed E-state index contributed by atoms with van der Waals surface area (Å²) in [4.78, 5) is 3.82. The molecule has 1 aliphatic heterocycles. The molecule has 0 unspecified atom stereocenters. The maximum Gasteiger partial charge on any atom is 0.264 e. The molecular formula is C29H30N2O3S. The standard InChI is InChI=1S/C29H30N2O3S/c1-22-14-16-24(17-15-22)35(32,33)31-19-18-26-25-11-5-6-12-27(25)30-29(26)28(31)13-7-8-20-34-21-23-9-3-2-4-10-23/h2-6,9-17,30H,7-8,18-21H2,1H3/b28-13-. The van der Waals surface area contributed by atoms with Crippen LogP contribution < -0.4 is 0 Å². The first-order valence-electron chi connectivity index (χ1n) is 12.1. The number of aromatic amines is 1. The summed E-state index contributed by atoms with van der Waals surface area (Å²) in [7, 11) is -3.68. The van der Waals surface area contributed by atoms with Gasteiger partial charge in [0.1, 0.15) is 0 Å². The average Bonchev–Trinajstić information content (AvgIpc) is 3.26. The summed E-state index contributed by atoms with van der Waals surface area (Å²) >= 11 is 0. The quantitative estimate of drug-likeness (QED) is 0.308. The van der Waals surface area contributed by atoms with Gasteiger partial charge in [-0.1, -0.05) is 72.3 Å². The second-order valence-electron chi connectivity index (χ2n) is 8.93. The van der Waals surface area contributed by atoms with Gasteiger partial charge in [-0.05, 0) is 55.5 Å². The molecule has 0 amide bonds. The van der Waals surface area contributed by atoms with E-state index in [4.69, 9.17) is 4.74 Å². The lowest BCUT2D eigenvalue weighted by atomic mass is 10.0. The van der Waals surface area contributed by atoms with E-state index >= 15 is 0 Å². The van der Waals surface area contributed by atoms with Crippen molar-refractivity contribution < 1.29 is 13.2 Å². The second-order valence-corrected chi connectivity index (χ2v) is 10.8. The molecule has 35 heavy (non-hydrogen) atoms. The topological polar surface area (TPSA) is 62.4 Å². The number of hydrogen-bond acceptors (Lipinski definition) is 3. The largest absolute Gasteiger partial charge is 0.377 e. The van der Waals surface area contributed by atoms with Gasteiger partial charge in [0.25, 0.3) is 10.0 Å². The third-order valence-electron chi connectivity index (χ3n) is 6.45. The first kappa shape index (κ1) is 23.4. The van der Waals surface area contributed by atoms with E-state index in [9.17, 15) is 8.42 Å². The first-order chi connectivity index (χ1) is 17.0. The van der Waals surface area contributed by atoms with Crippen molar-refractivity contribution in [3.63, 3.8) is 0 Å². The Morgan fingerprint density at radius 2 is 1.71 bits per heavy atom. The van der Waals surface area contributed by atoms with E-state index in [-0.39, 0.29) is 0 Å². The summed E-state index contributed by atoms with van der Waals surface area (Å²) in [6.45, 7) is 3.57. The Labute approximate surface area is 207 Å². The summed E-state index contributed by atoms with van der Waals surface area (Å²) in [6, 6.07) is 25.4. The molecule has 1 N–H and O–H groups in total. The highest BCUT2D eigenvalue weighted by atomic mass is 32.2. The van der Waals surface area contributed by atoms with Crippen LogP contribution >= 0.6 is 0 Å². The molecular weight excluding hydrogens is 456 g/mol. The first-order valence-corrected chi connectivity index (χ1v) is 13.5. The molecule has 0 radical (unpaired) electrons. The van der Waals surface area contributed by atoms with E-state index in [1.807, 2.05) is 61.5 Å². The fraction of sp³-hybridized carbons (Fsp3) is 0.241. The Kier molecular flexibility index (Phi) is 6.75. The van der Waals surface area contributed by atoms with Gasteiger partial charge >= 0.3 is 0 Å². The van der Waals surface area contributed by atoms with E-state index in [0.29, 0.717) is 31.1 Å². The minimum absolute atomic E-state index is 0.319. The van der Waals surface area contributed by atoms with Gasteiger partial charge in [0.2, 0.25) is 0 Å². The molecule has 6 heteroatoms. The van der Waals surface area contributed by atoms with Crippen LogP contribution in [0.3, 0.4) is 0 Å². The predicted molar refractivity (Wildman–Crippen MR) is 140 cm³/mol. The molecule has 0 spiro atoms. The number of aryl methyl sites for hydroxylation is 1. The zero-order chi connectivity index (χ0) is 24.3. The molecule has 1 aromatic heterocycles. The summed E-state index contributed by atoms with van der Waals surface area (Å²) in [5.41, 5.74) is 6.03. The van der Waals surface area contributed by atoms with E-state index in [0.717, 1.165) is 46.3 Å². The number of nitrogens with zero attached hydrogens (tertiary/aromatic N) is 1. The van der Waals surface area contributed by atoms with E-state index in [1.165, 1.54) is 5.56 Å². The van der Waals surface area contributed by atoms with Crippen molar-refractivity contribution >= 4 is 26.6 Å². The van der Waals surface area contributed by atoms with Crippen LogP contribution in [-0.4, -0.2) is 30.9 Å². The molecule has 0 bridgehead atoms. The molecule has 0 saturated heterocycles. The van der Waals surface area contributed by atoms with Gasteiger partial charge in [-0.15, -0.1) is 0 Å². The third kappa shape index (κ3) is 4.90. The van der Waals surface area contributed by atoms with Crippen molar-refractivity contribution in [2.24, 2.45) is 0 Å². The van der Waals surface area contributed by atoms with E-state index < -0.39 is 10.0 Å². The number of ether oxygens (including phenoxy) is 1. The minimum atomic E-state index is -3.68. The number of rotatable bonds is 8. The molecule has 2 heterocycles. The van der Waals surface area contributed by atoms with Gasteiger partial charge in [0.15, 0.2) is 0 Å². The van der Waals surface area contributed by atoms with Crippen LogP contribution in [0.25, 0.3) is 16.6 Å². The van der Waals surface area contributed by atoms with Crippen molar-refractivity contribution in [1.29, 1.82) is 0 Å². The minimum Gasteiger partial charge on any atom is -0.377 e. The van der Waals surface area contributed by atoms with Gasteiger partial charge in [-0.3, -0.25) is 4.31 Å². The molecule has 1 aliphatic rings. The third-order valence-corrected chi connectivity index (χ3v) is 8.28. The van der Waals surface area contributed by atoms with Crippen molar-refractivity contribution in [3.05, 3.63) is 107 Å². The zero-order valence-corrected chi connectivity index (χ0v) is 20.7. The normalized spacial score (nSPS) is 15.0. The zero-order valence-electron chi connectivity index (χ0n) is 19.9. The maximum absolute atomic E-state index is 13.7. The van der Waals surface area contributed by atoms with Gasteiger partial charge in [-0.25, -0.2) is 8.42 Å². The Hall–Kier alpha value is -3.35. The summed E-state index contributed by atoms with van der Waals surface area (Å²) < 4.78 is 34.7. The lowest BCUT2D eigenvalue weighted by molar-refractivity contribution is 0.119. The molecule has 3 aromatic carbocycles. The Balaban J connectivity index is 1.40. The van der Waals surface area contributed by atoms with Crippen molar-refractivity contribution in [2.45, 2.75) is 37.7 Å². The lowest BCUT2D eigenvalue weighted by Crippen LogP contribution is -2.35. The highest BCUT2D eigenvalue weighted by molar-refractivity contribution is 7.89. The summed E-state index contributed by atoms with van der Waals surface area (Å²) in [6.07, 6.45) is 4.25. The van der Waals surface area contributed by atoms with Crippen LogP contribution in [0.2, 0.25) is 0 Å². The summed E-state index contributed by atoms with van der Waals surface area (Å²) in [5, 5.41) is 1.16. The van der Waals surface area contributed by atoms with Crippen molar-refractivity contribution in [3.8, 4) is 0 Å². The van der Waals surface area contributed by atoms with Crippen LogP contribution in [0.5, 0.6) is 0 Å². The van der Waals surface area contributed by atoms with Crippen LogP contribution in [0.1, 0.15) is 35.2 Å². The Bertz CT molecular complexity index is 1440. The number of sulfonamides is 1. The van der Waals surface area contributed by atoms with Gasteiger partial charge in [0, 0.05) is 24.1 Å². The van der Waals surface area contributed by atoms with Gasteiger partial charge in [0.05, 0.1) is 22.9 Å². The molecule has 180 valence electrons. The number of nitrogens with one attached hydrogen (secondary N) is 1. The van der Waals surface area contributed by atoms with Crippen LogP contribution in [-0.2, 0) is 27.8 Å². The molecule has 0 aliphatic carbocycles. The number of aromatic nitrogens is 1. The van der Waals surface area contributed by atoms with Crippen LogP contribution in [0.15, 0.2) is 89.8 Å². The van der Waals surface area contributed by atoms with Gasteiger partial charge < -0.3 is 9.72 Å². The predicted octanol–water partition coefficient (Wildman–Crippen LogP) is 6.06. The highest BCUT2D eigenvalue weighted by Gasteiger charge is 2.33. The van der Waals surface area contributed by atoms with E-state index in [1.54, 1.807) is 16.4 Å². The summed E-state index contributed by atoms with van der Waals surface area (Å²) in [5.74, 6) is 0. The monoisotopic (exact) mass is 486 g/mol. The SMILES string of the molecule is Cc1ccc(S(=O)(=O)N2CCc3c([nH]c4ccccc34)/C2=C/CCCOCc2ccccc2)cc1. The number of allylic oxidation sites excluding steroid dienone is 1. The lowest BCUT2D eigenvalue weighted by Gasteiger charge is -2.31. The molecule has 0 fully saturated rings. The second kappa shape index (κ2) is 10.1. The number of unbranched alkanes of at least 4 members (excludes halogenated alkanes) is 1. The highest BCUT2D eigenvalue weighted by Crippen LogP contribution is 2.37.